The van der Waals surface area contributed by atoms with E-state index in [0.29, 0.717) is 11.7 Å². The van der Waals surface area contributed by atoms with Crippen LogP contribution in [-0.2, 0) is 4.79 Å². The molecule has 1 N–H and O–H groups in total. The molecule has 0 saturated heterocycles. The molecule has 0 aliphatic rings. The van der Waals surface area contributed by atoms with Crippen LogP contribution in [0.1, 0.15) is 36.5 Å². The van der Waals surface area contributed by atoms with E-state index in [1.54, 1.807) is 25.5 Å². The van der Waals surface area contributed by atoms with Gasteiger partial charge in [-0.3, -0.25) is 4.79 Å². The highest BCUT2D eigenvalue weighted by Gasteiger charge is 2.10. The molecule has 2 aromatic carbocycles. The van der Waals surface area contributed by atoms with E-state index in [4.69, 9.17) is 9.47 Å². The largest absolute Gasteiger partial charge is 0.496 e. The third-order valence-electron chi connectivity index (χ3n) is 3.82. The van der Waals surface area contributed by atoms with E-state index in [-0.39, 0.29) is 12.5 Å². The molecule has 5 nitrogen and oxygen atoms in total. The number of nitrogens with one attached hydrogen (secondary N) is 1. The predicted molar refractivity (Wildman–Crippen MR) is 107 cm³/mol. The van der Waals surface area contributed by atoms with Crippen LogP contribution in [0.25, 0.3) is 0 Å². The zero-order valence-electron chi connectivity index (χ0n) is 15.4. The van der Waals surface area contributed by atoms with Crippen molar-refractivity contribution in [1.29, 1.82) is 0 Å². The first-order valence-electron chi connectivity index (χ1n) is 8.29. The van der Waals surface area contributed by atoms with Gasteiger partial charge < -0.3 is 9.47 Å². The van der Waals surface area contributed by atoms with Crippen LogP contribution in [0.5, 0.6) is 11.5 Å². The number of rotatable bonds is 7. The fourth-order valence-electron chi connectivity index (χ4n) is 2.37. The quantitative estimate of drug-likeness (QED) is 0.534. The van der Waals surface area contributed by atoms with Gasteiger partial charge in [0.2, 0.25) is 0 Å². The number of hydrogen-bond donors (Lipinski definition) is 1. The van der Waals surface area contributed by atoms with Crippen molar-refractivity contribution in [3.8, 4) is 11.5 Å². The summed E-state index contributed by atoms with van der Waals surface area (Å²) in [6.45, 7) is 6.09. The molecule has 0 fully saturated rings. The molecule has 1 amide bonds. The van der Waals surface area contributed by atoms with Crippen LogP contribution >= 0.6 is 15.9 Å². The van der Waals surface area contributed by atoms with E-state index in [1.165, 1.54) is 0 Å². The van der Waals surface area contributed by atoms with Crippen molar-refractivity contribution < 1.29 is 14.3 Å². The van der Waals surface area contributed by atoms with Crippen LogP contribution in [0.4, 0.5) is 0 Å². The van der Waals surface area contributed by atoms with Gasteiger partial charge >= 0.3 is 0 Å². The molecular weight excluding hydrogens is 396 g/mol. The van der Waals surface area contributed by atoms with Crippen LogP contribution in [-0.4, -0.2) is 25.8 Å². The number of benzene rings is 2. The van der Waals surface area contributed by atoms with Gasteiger partial charge in [-0.2, -0.15) is 5.10 Å². The van der Waals surface area contributed by atoms with Gasteiger partial charge in [-0.1, -0.05) is 29.8 Å². The van der Waals surface area contributed by atoms with Gasteiger partial charge in [-0.25, -0.2) is 5.43 Å². The van der Waals surface area contributed by atoms with Crippen LogP contribution < -0.4 is 14.9 Å². The lowest BCUT2D eigenvalue weighted by Crippen LogP contribution is -2.24. The second-order valence-electron chi connectivity index (χ2n) is 6.14. The minimum Gasteiger partial charge on any atom is -0.496 e. The first-order chi connectivity index (χ1) is 12.4. The summed E-state index contributed by atoms with van der Waals surface area (Å²) in [6.07, 6.45) is 1.64. The average Bonchev–Trinajstić information content (AvgIpc) is 2.62. The Balaban J connectivity index is 1.95. The van der Waals surface area contributed by atoms with Crippen LogP contribution in [0.15, 0.2) is 46.0 Å². The Kier molecular flexibility index (Phi) is 7.21. The molecule has 0 radical (unpaired) electrons. The number of hydrazone groups is 1. The minimum absolute atomic E-state index is 0.0994. The summed E-state index contributed by atoms with van der Waals surface area (Å²) in [5.41, 5.74) is 5.54. The maximum atomic E-state index is 11.9. The van der Waals surface area contributed by atoms with E-state index in [1.807, 2.05) is 31.2 Å². The number of ether oxygens (including phenoxy) is 2. The molecule has 2 rings (SSSR count). The molecule has 0 unspecified atom stereocenters. The fourth-order valence-corrected chi connectivity index (χ4v) is 2.63. The van der Waals surface area contributed by atoms with E-state index >= 15 is 0 Å². The Morgan fingerprint density at radius 1 is 1.27 bits per heavy atom. The number of halogens is 1. The SMILES string of the molecule is COc1cc(C)c(/C=N\NC(=O)COc2ccc(Br)cc2)cc1C(C)C. The first-order valence-corrected chi connectivity index (χ1v) is 9.08. The molecule has 0 heterocycles. The first kappa shape index (κ1) is 20.0. The van der Waals surface area contributed by atoms with E-state index in [0.717, 1.165) is 26.9 Å². The standard InChI is InChI=1S/C20H23BrN2O3/c1-13(2)18-10-15(14(3)9-19(18)25-4)11-22-23-20(24)12-26-17-7-5-16(21)6-8-17/h5-11,13H,12H2,1-4H3,(H,23,24)/b22-11-. The molecule has 0 atom stereocenters. The molecule has 0 aromatic heterocycles. The second kappa shape index (κ2) is 9.38. The maximum absolute atomic E-state index is 11.9. The van der Waals surface area contributed by atoms with Crippen molar-refractivity contribution in [1.82, 2.24) is 5.43 Å². The van der Waals surface area contributed by atoms with Crippen molar-refractivity contribution in [3.05, 3.63) is 57.6 Å². The van der Waals surface area contributed by atoms with Crippen molar-refractivity contribution in [2.24, 2.45) is 5.10 Å². The summed E-state index contributed by atoms with van der Waals surface area (Å²) in [5, 5.41) is 4.03. The van der Waals surface area contributed by atoms with Gasteiger partial charge in [0.05, 0.1) is 13.3 Å². The molecule has 26 heavy (non-hydrogen) atoms. The summed E-state index contributed by atoms with van der Waals surface area (Å²) < 4.78 is 11.8. The average molecular weight is 419 g/mol. The normalized spacial score (nSPS) is 11.0. The third kappa shape index (κ3) is 5.59. The number of carbonyl (C=O) groups excluding carboxylic acids is 1. The summed E-state index contributed by atoms with van der Waals surface area (Å²) in [5.74, 6) is 1.49. The van der Waals surface area contributed by atoms with Crippen LogP contribution in [0, 0.1) is 6.92 Å². The predicted octanol–water partition coefficient (Wildman–Crippen LogP) is 4.42. The van der Waals surface area contributed by atoms with Crippen LogP contribution in [0.2, 0.25) is 0 Å². The van der Waals surface area contributed by atoms with E-state index in [9.17, 15) is 4.79 Å². The van der Waals surface area contributed by atoms with Crippen molar-refractivity contribution in [2.45, 2.75) is 26.7 Å². The van der Waals surface area contributed by atoms with Crippen molar-refractivity contribution >= 4 is 28.1 Å². The Bertz CT molecular complexity index is 786. The lowest BCUT2D eigenvalue weighted by molar-refractivity contribution is -0.123. The Morgan fingerprint density at radius 3 is 2.58 bits per heavy atom. The molecule has 2 aromatic rings. The van der Waals surface area contributed by atoms with E-state index < -0.39 is 0 Å². The van der Waals surface area contributed by atoms with Crippen molar-refractivity contribution in [2.75, 3.05) is 13.7 Å². The molecule has 0 aliphatic heterocycles. The summed E-state index contributed by atoms with van der Waals surface area (Å²) in [6, 6.07) is 11.3. The Hall–Kier alpha value is -2.34. The smallest absolute Gasteiger partial charge is 0.277 e. The summed E-state index contributed by atoms with van der Waals surface area (Å²) in [7, 11) is 1.67. The monoisotopic (exact) mass is 418 g/mol. The number of amides is 1. The highest BCUT2D eigenvalue weighted by molar-refractivity contribution is 9.10. The number of methoxy groups -OCH3 is 1. The molecule has 0 bridgehead atoms. The fraction of sp³-hybridized carbons (Fsp3) is 0.300. The minimum atomic E-state index is -0.320. The number of nitrogens with zero attached hydrogens (tertiary/aromatic N) is 1. The number of hydrogen-bond acceptors (Lipinski definition) is 4. The molecular formula is C20H23BrN2O3. The molecule has 6 heteroatoms. The van der Waals surface area contributed by atoms with Crippen LogP contribution in [0.3, 0.4) is 0 Å². The number of aryl methyl sites for hydroxylation is 1. The Labute approximate surface area is 162 Å². The highest BCUT2D eigenvalue weighted by Crippen LogP contribution is 2.29. The van der Waals surface area contributed by atoms with Gasteiger partial charge in [0.25, 0.3) is 5.91 Å². The van der Waals surface area contributed by atoms with E-state index in [2.05, 4.69) is 40.3 Å². The van der Waals surface area contributed by atoms with Gasteiger partial charge in [-0.15, -0.1) is 0 Å². The zero-order valence-corrected chi connectivity index (χ0v) is 17.0. The van der Waals surface area contributed by atoms with Crippen molar-refractivity contribution in [3.63, 3.8) is 0 Å². The third-order valence-corrected chi connectivity index (χ3v) is 4.35. The topological polar surface area (TPSA) is 59.9 Å². The highest BCUT2D eigenvalue weighted by atomic mass is 79.9. The van der Waals surface area contributed by atoms with Gasteiger partial charge in [0, 0.05) is 4.47 Å². The molecule has 0 spiro atoms. The van der Waals surface area contributed by atoms with Gasteiger partial charge in [-0.05, 0) is 65.9 Å². The summed E-state index contributed by atoms with van der Waals surface area (Å²) >= 11 is 3.35. The summed E-state index contributed by atoms with van der Waals surface area (Å²) in [4.78, 5) is 11.9. The molecule has 138 valence electrons. The number of carbonyl (C=O) groups is 1. The maximum Gasteiger partial charge on any atom is 0.277 e. The molecule has 0 aliphatic carbocycles. The Morgan fingerprint density at radius 2 is 1.96 bits per heavy atom. The van der Waals surface area contributed by atoms with Gasteiger partial charge in [0.15, 0.2) is 6.61 Å². The second-order valence-corrected chi connectivity index (χ2v) is 7.06. The van der Waals surface area contributed by atoms with Gasteiger partial charge in [0.1, 0.15) is 11.5 Å². The molecule has 0 saturated carbocycles. The lowest BCUT2D eigenvalue weighted by Gasteiger charge is -2.14. The lowest BCUT2D eigenvalue weighted by atomic mass is 9.97. The zero-order chi connectivity index (χ0) is 19.1.